The van der Waals surface area contributed by atoms with Crippen molar-refractivity contribution in [2.75, 3.05) is 6.61 Å². The number of aromatic amines is 1. The van der Waals surface area contributed by atoms with E-state index in [2.05, 4.69) is 4.98 Å². The van der Waals surface area contributed by atoms with Gasteiger partial charge in [-0.3, -0.25) is 4.79 Å². The molecule has 2 aromatic rings. The number of H-pyrrole nitrogens is 1. The van der Waals surface area contributed by atoms with E-state index in [1.165, 1.54) is 6.20 Å². The van der Waals surface area contributed by atoms with Crippen molar-refractivity contribution in [3.8, 4) is 11.8 Å². The summed E-state index contributed by atoms with van der Waals surface area (Å²) in [5, 5.41) is 9.27. The normalized spacial score (nSPS) is 10.1. The van der Waals surface area contributed by atoms with Crippen LogP contribution < -0.4 is 10.2 Å². The largest absolute Gasteiger partial charge is 0.491 e. The minimum atomic E-state index is -0.261. The van der Waals surface area contributed by atoms with Crippen LogP contribution >= 0.6 is 0 Å². The lowest BCUT2D eigenvalue weighted by Crippen LogP contribution is -2.08. The van der Waals surface area contributed by atoms with E-state index in [1.807, 2.05) is 13.0 Å². The minimum Gasteiger partial charge on any atom is -0.491 e. The molecule has 0 amide bonds. The Bertz CT molecular complexity index is 638. The molecule has 4 nitrogen and oxygen atoms in total. The smallest absolute Gasteiger partial charge is 0.207 e. The van der Waals surface area contributed by atoms with Crippen LogP contribution in [0.4, 0.5) is 0 Å². The number of nitrogens with zero attached hydrogens (tertiary/aromatic N) is 1. The summed E-state index contributed by atoms with van der Waals surface area (Å²) in [6.07, 6.45) is 2.32. The van der Waals surface area contributed by atoms with E-state index >= 15 is 0 Å². The van der Waals surface area contributed by atoms with Gasteiger partial charge in [-0.15, -0.1) is 0 Å². The number of rotatable bonds is 3. The van der Waals surface area contributed by atoms with E-state index in [4.69, 9.17) is 10.00 Å². The summed E-state index contributed by atoms with van der Waals surface area (Å²) in [6, 6.07) is 7.11. The Labute approximate surface area is 98.5 Å². The van der Waals surface area contributed by atoms with Gasteiger partial charge in [0, 0.05) is 6.20 Å². The lowest BCUT2D eigenvalue weighted by molar-refractivity contribution is 0.320. The number of para-hydroxylation sites is 1. The number of fused-ring (bicyclic) bond motifs is 1. The molecule has 86 valence electrons. The second-order valence-electron chi connectivity index (χ2n) is 3.67. The fourth-order valence-corrected chi connectivity index (χ4v) is 1.64. The third kappa shape index (κ3) is 2.00. The predicted octanol–water partition coefficient (Wildman–Crippen LogP) is 2.19. The summed E-state index contributed by atoms with van der Waals surface area (Å²) in [4.78, 5) is 14.8. The van der Waals surface area contributed by atoms with Crippen molar-refractivity contribution in [3.63, 3.8) is 0 Å². The third-order valence-electron chi connectivity index (χ3n) is 2.46. The van der Waals surface area contributed by atoms with Gasteiger partial charge >= 0.3 is 0 Å². The molecule has 0 saturated carbocycles. The molecule has 0 aliphatic carbocycles. The molecule has 1 aromatic carbocycles. The van der Waals surface area contributed by atoms with Gasteiger partial charge in [0.25, 0.3) is 0 Å². The van der Waals surface area contributed by atoms with Gasteiger partial charge in [0.2, 0.25) is 5.43 Å². The van der Waals surface area contributed by atoms with Gasteiger partial charge < -0.3 is 9.72 Å². The topological polar surface area (TPSA) is 65.9 Å². The van der Waals surface area contributed by atoms with E-state index in [9.17, 15) is 4.79 Å². The van der Waals surface area contributed by atoms with E-state index in [1.54, 1.807) is 18.2 Å². The van der Waals surface area contributed by atoms with Crippen molar-refractivity contribution in [1.82, 2.24) is 4.98 Å². The second-order valence-corrected chi connectivity index (χ2v) is 3.67. The molecule has 0 aliphatic rings. The highest BCUT2D eigenvalue weighted by molar-refractivity contribution is 5.85. The number of benzene rings is 1. The molecule has 0 saturated heterocycles. The maximum absolute atomic E-state index is 11.9. The molecule has 0 bridgehead atoms. The highest BCUT2D eigenvalue weighted by Crippen LogP contribution is 2.21. The van der Waals surface area contributed by atoms with E-state index < -0.39 is 0 Å². The molecule has 0 aliphatic heterocycles. The summed E-state index contributed by atoms with van der Waals surface area (Å²) in [7, 11) is 0. The van der Waals surface area contributed by atoms with Crippen molar-refractivity contribution in [2.45, 2.75) is 13.3 Å². The quantitative estimate of drug-likeness (QED) is 0.875. The maximum atomic E-state index is 11.9. The van der Waals surface area contributed by atoms with Gasteiger partial charge in [0.1, 0.15) is 17.4 Å². The summed E-state index contributed by atoms with van der Waals surface area (Å²) < 4.78 is 5.54. The third-order valence-corrected chi connectivity index (χ3v) is 2.46. The van der Waals surface area contributed by atoms with Gasteiger partial charge in [0.05, 0.1) is 17.5 Å². The van der Waals surface area contributed by atoms with E-state index in [-0.39, 0.29) is 11.0 Å². The standard InChI is InChI=1S/C13H12N2O2/c1-2-6-17-11-5-3-4-10-12(11)15-8-9(7-14)13(10)16/h3-5,8H,2,6H2,1H3,(H,15,16). The molecule has 0 fully saturated rings. The zero-order chi connectivity index (χ0) is 12.3. The number of pyridine rings is 1. The molecule has 1 N–H and O–H groups in total. The Balaban J connectivity index is 2.63. The van der Waals surface area contributed by atoms with Crippen molar-refractivity contribution in [3.05, 3.63) is 40.2 Å². The number of hydrogen-bond donors (Lipinski definition) is 1. The fourth-order valence-electron chi connectivity index (χ4n) is 1.64. The molecule has 0 unspecified atom stereocenters. The summed E-state index contributed by atoms with van der Waals surface area (Å²) in [5.74, 6) is 0.644. The van der Waals surface area contributed by atoms with Crippen molar-refractivity contribution >= 4 is 10.9 Å². The molecular formula is C13H12N2O2. The molecule has 0 spiro atoms. The van der Waals surface area contributed by atoms with Gasteiger partial charge in [-0.1, -0.05) is 13.0 Å². The second kappa shape index (κ2) is 4.71. The van der Waals surface area contributed by atoms with Gasteiger partial charge in [-0.2, -0.15) is 5.26 Å². The summed E-state index contributed by atoms with van der Waals surface area (Å²) in [6.45, 7) is 2.61. The summed E-state index contributed by atoms with van der Waals surface area (Å²) in [5.41, 5.74) is 0.498. The predicted molar refractivity (Wildman–Crippen MR) is 65.1 cm³/mol. The average Bonchev–Trinajstić information content (AvgIpc) is 2.37. The van der Waals surface area contributed by atoms with Crippen LogP contribution in [0.2, 0.25) is 0 Å². The van der Waals surface area contributed by atoms with Crippen molar-refractivity contribution < 1.29 is 4.74 Å². The highest BCUT2D eigenvalue weighted by atomic mass is 16.5. The van der Waals surface area contributed by atoms with Crippen LogP contribution in [0.25, 0.3) is 10.9 Å². The molecule has 2 rings (SSSR count). The van der Waals surface area contributed by atoms with Gasteiger partial charge in [-0.05, 0) is 18.6 Å². The Morgan fingerprint density at radius 1 is 1.47 bits per heavy atom. The Kier molecular flexibility index (Phi) is 3.10. The molecule has 1 heterocycles. The number of nitrogens with one attached hydrogen (secondary N) is 1. The number of ether oxygens (including phenoxy) is 1. The van der Waals surface area contributed by atoms with Crippen LogP contribution in [0.15, 0.2) is 29.2 Å². The Morgan fingerprint density at radius 3 is 3.00 bits per heavy atom. The fraction of sp³-hybridized carbons (Fsp3) is 0.231. The molecule has 4 heteroatoms. The number of nitriles is 1. The van der Waals surface area contributed by atoms with Crippen LogP contribution in [0, 0.1) is 11.3 Å². The van der Waals surface area contributed by atoms with Gasteiger partial charge in [0.15, 0.2) is 0 Å². The van der Waals surface area contributed by atoms with Crippen LogP contribution in [0.5, 0.6) is 5.75 Å². The number of hydrogen-bond acceptors (Lipinski definition) is 3. The Morgan fingerprint density at radius 2 is 2.29 bits per heavy atom. The van der Waals surface area contributed by atoms with Crippen LogP contribution in [0.1, 0.15) is 18.9 Å². The van der Waals surface area contributed by atoms with E-state index in [0.29, 0.717) is 23.3 Å². The average molecular weight is 228 g/mol. The SMILES string of the molecule is CCCOc1cccc2c(=O)c(C#N)c[nH]c12. The zero-order valence-electron chi connectivity index (χ0n) is 9.49. The summed E-state index contributed by atoms with van der Waals surface area (Å²) >= 11 is 0. The first kappa shape index (κ1) is 11.2. The molecular weight excluding hydrogens is 216 g/mol. The number of aromatic nitrogens is 1. The van der Waals surface area contributed by atoms with E-state index in [0.717, 1.165) is 6.42 Å². The lowest BCUT2D eigenvalue weighted by atomic mass is 10.1. The first-order valence-corrected chi connectivity index (χ1v) is 5.45. The van der Waals surface area contributed by atoms with Crippen LogP contribution in [0.3, 0.4) is 0 Å². The molecule has 17 heavy (non-hydrogen) atoms. The zero-order valence-corrected chi connectivity index (χ0v) is 9.49. The Hall–Kier alpha value is -2.28. The van der Waals surface area contributed by atoms with Crippen molar-refractivity contribution in [1.29, 1.82) is 5.26 Å². The van der Waals surface area contributed by atoms with Gasteiger partial charge in [-0.25, -0.2) is 0 Å². The van der Waals surface area contributed by atoms with Crippen LogP contribution in [-0.4, -0.2) is 11.6 Å². The van der Waals surface area contributed by atoms with Crippen LogP contribution in [-0.2, 0) is 0 Å². The molecule has 0 atom stereocenters. The molecule has 1 aromatic heterocycles. The lowest BCUT2D eigenvalue weighted by Gasteiger charge is -2.07. The highest BCUT2D eigenvalue weighted by Gasteiger charge is 2.08. The molecule has 0 radical (unpaired) electrons. The first-order valence-electron chi connectivity index (χ1n) is 5.45. The van der Waals surface area contributed by atoms with Crippen molar-refractivity contribution in [2.24, 2.45) is 0 Å². The monoisotopic (exact) mass is 228 g/mol. The minimum absolute atomic E-state index is 0.116. The maximum Gasteiger partial charge on any atom is 0.207 e. The first-order chi connectivity index (χ1) is 8.27.